The zero-order valence-corrected chi connectivity index (χ0v) is 13.5. The molecule has 1 saturated heterocycles. The standard InChI is InChI=1S/C17H17FN2O4/c1-5-6-19-13-8-12(11(18)7-14(13)23-9-15(19)21)20-10(2)17(3,4)24-16(20)22/h5,7-8H,1-2,6,9H2,3-4H3. The fraction of sp³-hybridized carbons (Fsp3) is 0.294. The molecule has 0 N–H and O–H groups in total. The van der Waals surface area contributed by atoms with Gasteiger partial charge in [0.05, 0.1) is 17.1 Å². The smallest absolute Gasteiger partial charge is 0.419 e. The molecule has 24 heavy (non-hydrogen) atoms. The fourth-order valence-electron chi connectivity index (χ4n) is 2.66. The van der Waals surface area contributed by atoms with Crippen LogP contribution in [-0.2, 0) is 9.53 Å². The highest BCUT2D eigenvalue weighted by Crippen LogP contribution is 2.42. The topological polar surface area (TPSA) is 59.1 Å². The Kier molecular flexibility index (Phi) is 3.59. The largest absolute Gasteiger partial charge is 0.481 e. The zero-order chi connectivity index (χ0) is 17.6. The van der Waals surface area contributed by atoms with E-state index < -0.39 is 17.5 Å². The number of rotatable bonds is 3. The number of ether oxygens (including phenoxy) is 2. The van der Waals surface area contributed by atoms with Gasteiger partial charge in [0, 0.05) is 12.6 Å². The molecule has 7 heteroatoms. The normalized spacial score (nSPS) is 19.0. The number of benzene rings is 1. The molecule has 1 fully saturated rings. The van der Waals surface area contributed by atoms with E-state index in [1.165, 1.54) is 11.0 Å². The molecule has 1 aromatic carbocycles. The maximum atomic E-state index is 14.5. The number of halogens is 1. The third kappa shape index (κ3) is 2.33. The molecule has 0 saturated carbocycles. The van der Waals surface area contributed by atoms with Crippen molar-refractivity contribution in [2.75, 3.05) is 23.0 Å². The Morgan fingerprint density at radius 1 is 1.33 bits per heavy atom. The van der Waals surface area contributed by atoms with Gasteiger partial charge in [-0.1, -0.05) is 12.7 Å². The molecule has 3 rings (SSSR count). The second-order valence-corrected chi connectivity index (χ2v) is 6.01. The first-order valence-corrected chi connectivity index (χ1v) is 7.36. The average molecular weight is 332 g/mol. The average Bonchev–Trinajstić information content (AvgIpc) is 2.70. The Balaban J connectivity index is 2.11. The molecule has 0 bridgehead atoms. The van der Waals surface area contributed by atoms with Crippen LogP contribution in [0.2, 0.25) is 0 Å². The number of hydrogen-bond donors (Lipinski definition) is 0. The minimum atomic E-state index is -0.938. The molecule has 0 spiro atoms. The van der Waals surface area contributed by atoms with Crippen molar-refractivity contribution in [1.82, 2.24) is 0 Å². The number of cyclic esters (lactones) is 1. The van der Waals surface area contributed by atoms with Crippen molar-refractivity contribution in [3.8, 4) is 5.75 Å². The highest BCUT2D eigenvalue weighted by atomic mass is 19.1. The summed E-state index contributed by atoms with van der Waals surface area (Å²) in [7, 11) is 0. The van der Waals surface area contributed by atoms with Gasteiger partial charge >= 0.3 is 6.09 Å². The summed E-state index contributed by atoms with van der Waals surface area (Å²) in [6, 6.07) is 2.54. The summed E-state index contributed by atoms with van der Waals surface area (Å²) in [4.78, 5) is 26.7. The van der Waals surface area contributed by atoms with Crippen LogP contribution in [0.4, 0.5) is 20.6 Å². The van der Waals surface area contributed by atoms with E-state index in [1.54, 1.807) is 19.9 Å². The van der Waals surface area contributed by atoms with Gasteiger partial charge < -0.3 is 14.4 Å². The van der Waals surface area contributed by atoms with Gasteiger partial charge in [0.15, 0.2) is 12.4 Å². The molecule has 0 atom stereocenters. The number of fused-ring (bicyclic) bond motifs is 1. The lowest BCUT2D eigenvalue weighted by Crippen LogP contribution is -2.39. The summed E-state index contributed by atoms with van der Waals surface area (Å²) in [5, 5.41) is 0. The van der Waals surface area contributed by atoms with E-state index in [0.717, 1.165) is 11.0 Å². The lowest BCUT2D eigenvalue weighted by molar-refractivity contribution is -0.121. The second-order valence-electron chi connectivity index (χ2n) is 6.01. The Hall–Kier alpha value is -2.83. The first-order valence-electron chi connectivity index (χ1n) is 7.36. The molecule has 1 aromatic rings. The van der Waals surface area contributed by atoms with Crippen LogP contribution in [-0.4, -0.2) is 30.8 Å². The maximum Gasteiger partial charge on any atom is 0.419 e. The molecule has 0 unspecified atom stereocenters. The monoisotopic (exact) mass is 332 g/mol. The Morgan fingerprint density at radius 2 is 2.04 bits per heavy atom. The van der Waals surface area contributed by atoms with Crippen molar-refractivity contribution in [1.29, 1.82) is 0 Å². The molecular weight excluding hydrogens is 315 g/mol. The van der Waals surface area contributed by atoms with Crippen molar-refractivity contribution in [2.45, 2.75) is 19.4 Å². The van der Waals surface area contributed by atoms with E-state index in [2.05, 4.69) is 13.2 Å². The SMILES string of the molecule is C=CCN1C(=O)COc2cc(F)c(N3C(=C)C(C)(C)OC3=O)cc21. The summed E-state index contributed by atoms with van der Waals surface area (Å²) >= 11 is 0. The van der Waals surface area contributed by atoms with Gasteiger partial charge in [-0.2, -0.15) is 0 Å². The van der Waals surface area contributed by atoms with E-state index in [-0.39, 0.29) is 30.5 Å². The molecule has 0 radical (unpaired) electrons. The number of nitrogens with zero attached hydrogens (tertiary/aromatic N) is 2. The molecule has 2 aliphatic rings. The van der Waals surface area contributed by atoms with Gasteiger partial charge in [0.2, 0.25) is 0 Å². The van der Waals surface area contributed by atoms with Gasteiger partial charge in [0.25, 0.3) is 5.91 Å². The first-order chi connectivity index (χ1) is 11.3. The number of carbonyl (C=O) groups excluding carboxylic acids is 2. The van der Waals surface area contributed by atoms with E-state index in [9.17, 15) is 14.0 Å². The molecule has 6 nitrogen and oxygen atoms in total. The summed E-state index contributed by atoms with van der Waals surface area (Å²) in [5.74, 6) is -0.712. The highest BCUT2D eigenvalue weighted by molar-refractivity contribution is 6.01. The van der Waals surface area contributed by atoms with E-state index in [0.29, 0.717) is 11.4 Å². The molecular formula is C17H17FN2O4. The molecule has 2 aliphatic heterocycles. The van der Waals surface area contributed by atoms with Crippen molar-refractivity contribution in [3.05, 3.63) is 42.9 Å². The van der Waals surface area contributed by atoms with E-state index in [4.69, 9.17) is 9.47 Å². The van der Waals surface area contributed by atoms with Crippen LogP contribution in [0.3, 0.4) is 0 Å². The van der Waals surface area contributed by atoms with Crippen LogP contribution >= 0.6 is 0 Å². The van der Waals surface area contributed by atoms with E-state index in [1.807, 2.05) is 0 Å². The number of anilines is 2. The predicted octanol–water partition coefficient (Wildman–Crippen LogP) is 2.99. The minimum absolute atomic E-state index is 0.0401. The maximum absolute atomic E-state index is 14.5. The third-order valence-corrected chi connectivity index (χ3v) is 4.01. The third-order valence-electron chi connectivity index (χ3n) is 4.01. The van der Waals surface area contributed by atoms with Crippen LogP contribution in [0.5, 0.6) is 5.75 Å². The molecule has 126 valence electrons. The van der Waals surface area contributed by atoms with Crippen LogP contribution in [0.15, 0.2) is 37.1 Å². The predicted molar refractivity (Wildman–Crippen MR) is 86.6 cm³/mol. The number of hydrogen-bond acceptors (Lipinski definition) is 4. The van der Waals surface area contributed by atoms with Crippen molar-refractivity contribution >= 4 is 23.4 Å². The summed E-state index contributed by atoms with van der Waals surface area (Å²) in [6.45, 7) is 10.8. The van der Waals surface area contributed by atoms with Crippen LogP contribution in [0.1, 0.15) is 13.8 Å². The Bertz CT molecular complexity index is 772. The quantitative estimate of drug-likeness (QED) is 0.799. The summed E-state index contributed by atoms with van der Waals surface area (Å²) < 4.78 is 25.0. The van der Waals surface area contributed by atoms with Crippen LogP contribution in [0.25, 0.3) is 0 Å². The minimum Gasteiger partial charge on any atom is -0.481 e. The summed E-state index contributed by atoms with van der Waals surface area (Å²) in [6.07, 6.45) is 0.838. The van der Waals surface area contributed by atoms with Gasteiger partial charge in [-0.25, -0.2) is 14.1 Å². The van der Waals surface area contributed by atoms with Gasteiger partial charge in [0.1, 0.15) is 11.4 Å². The van der Waals surface area contributed by atoms with Gasteiger partial charge in [-0.3, -0.25) is 4.79 Å². The molecule has 0 aliphatic carbocycles. The number of amides is 2. The molecule has 0 aromatic heterocycles. The Labute approximate surface area is 138 Å². The molecule has 2 heterocycles. The van der Waals surface area contributed by atoms with Gasteiger partial charge in [-0.05, 0) is 19.9 Å². The fourth-order valence-corrected chi connectivity index (χ4v) is 2.66. The van der Waals surface area contributed by atoms with Crippen molar-refractivity contribution in [2.24, 2.45) is 0 Å². The Morgan fingerprint density at radius 3 is 2.62 bits per heavy atom. The summed E-state index contributed by atoms with van der Waals surface area (Å²) in [5.41, 5.74) is -0.300. The zero-order valence-electron chi connectivity index (χ0n) is 13.5. The van der Waals surface area contributed by atoms with Gasteiger partial charge in [-0.15, -0.1) is 6.58 Å². The van der Waals surface area contributed by atoms with Crippen LogP contribution < -0.4 is 14.5 Å². The first kappa shape index (κ1) is 16.0. The second kappa shape index (κ2) is 5.36. The highest BCUT2D eigenvalue weighted by Gasteiger charge is 2.44. The van der Waals surface area contributed by atoms with Crippen LogP contribution in [0, 0.1) is 5.82 Å². The number of carbonyl (C=O) groups is 2. The van der Waals surface area contributed by atoms with Crippen molar-refractivity contribution < 1.29 is 23.5 Å². The lowest BCUT2D eigenvalue weighted by atomic mass is 10.1. The lowest BCUT2D eigenvalue weighted by Gasteiger charge is -2.30. The van der Waals surface area contributed by atoms with Crippen molar-refractivity contribution in [3.63, 3.8) is 0 Å². The molecule has 2 amide bonds. The van der Waals surface area contributed by atoms with E-state index >= 15 is 0 Å².